The van der Waals surface area contributed by atoms with Crippen LogP contribution in [0.5, 0.6) is 0 Å². The summed E-state index contributed by atoms with van der Waals surface area (Å²) in [6, 6.07) is 14.1. The van der Waals surface area contributed by atoms with Gasteiger partial charge in [-0.25, -0.2) is 9.89 Å². The minimum absolute atomic E-state index is 0.0338. The van der Waals surface area contributed by atoms with Crippen LogP contribution in [0.4, 0.5) is 11.4 Å². The molecule has 1 atom stereocenters. The molecule has 1 saturated heterocycles. The number of amides is 2. The Balaban J connectivity index is 1.82. The summed E-state index contributed by atoms with van der Waals surface area (Å²) in [4.78, 5) is 30.6. The van der Waals surface area contributed by atoms with Gasteiger partial charge in [-0.15, -0.1) is 0 Å². The van der Waals surface area contributed by atoms with Crippen LogP contribution in [0.3, 0.4) is 0 Å². The fourth-order valence-corrected chi connectivity index (χ4v) is 3.71. The van der Waals surface area contributed by atoms with Crippen LogP contribution in [-0.4, -0.2) is 22.2 Å². The van der Waals surface area contributed by atoms with E-state index in [4.69, 9.17) is 16.9 Å². The van der Waals surface area contributed by atoms with Crippen LogP contribution in [0.25, 0.3) is 0 Å². The van der Waals surface area contributed by atoms with E-state index in [0.29, 0.717) is 16.4 Å². The number of imide groups is 1. The first kappa shape index (κ1) is 19.0. The fraction of sp³-hybridized carbons (Fsp3) is 0.158. The van der Waals surface area contributed by atoms with Gasteiger partial charge in [0.25, 0.3) is 0 Å². The zero-order valence-corrected chi connectivity index (χ0v) is 15.9. The summed E-state index contributed by atoms with van der Waals surface area (Å²) in [5, 5.41) is 11.4. The first-order chi connectivity index (χ1) is 13.0. The average molecular weight is 399 g/mol. The van der Waals surface area contributed by atoms with E-state index in [0.717, 1.165) is 17.3 Å². The van der Waals surface area contributed by atoms with Crippen LogP contribution in [0.2, 0.25) is 5.02 Å². The summed E-state index contributed by atoms with van der Waals surface area (Å²) in [5.74, 6) is -0.615. The number of hydrogen-bond donors (Lipinski definition) is 1. The van der Waals surface area contributed by atoms with Crippen molar-refractivity contribution in [1.82, 2.24) is 5.32 Å². The molecular weight excluding hydrogens is 384 g/mol. The average Bonchev–Trinajstić information content (AvgIpc) is 2.92. The van der Waals surface area contributed by atoms with Crippen LogP contribution in [-0.2, 0) is 9.59 Å². The van der Waals surface area contributed by atoms with Crippen molar-refractivity contribution in [1.29, 1.82) is 5.26 Å². The van der Waals surface area contributed by atoms with Gasteiger partial charge in [0.1, 0.15) is 5.25 Å². The number of carbonyl (C=O) groups excluding carboxylic acids is 2. The lowest BCUT2D eigenvalue weighted by Gasteiger charge is -2.15. The van der Waals surface area contributed by atoms with Crippen molar-refractivity contribution in [2.24, 2.45) is 4.99 Å². The van der Waals surface area contributed by atoms with Gasteiger partial charge in [-0.1, -0.05) is 53.2 Å². The number of aryl methyl sites for hydroxylation is 1. The Bertz CT molecular complexity index is 953. The number of carbonyl (C=O) groups is 2. The van der Waals surface area contributed by atoms with Crippen molar-refractivity contribution in [2.45, 2.75) is 18.6 Å². The highest BCUT2D eigenvalue weighted by Crippen LogP contribution is 2.32. The second-order valence-electron chi connectivity index (χ2n) is 5.82. The third-order valence-electron chi connectivity index (χ3n) is 3.89. The molecule has 27 heavy (non-hydrogen) atoms. The molecule has 0 aliphatic carbocycles. The van der Waals surface area contributed by atoms with E-state index in [1.807, 2.05) is 19.1 Å². The van der Waals surface area contributed by atoms with Gasteiger partial charge in [-0.3, -0.25) is 14.9 Å². The largest absolute Gasteiger partial charge is 0.274 e. The van der Waals surface area contributed by atoms with E-state index < -0.39 is 5.25 Å². The van der Waals surface area contributed by atoms with Gasteiger partial charge in [0.2, 0.25) is 11.8 Å². The molecule has 8 heteroatoms. The molecule has 0 radical (unpaired) electrons. The first-order valence-corrected chi connectivity index (χ1v) is 9.34. The van der Waals surface area contributed by atoms with Gasteiger partial charge < -0.3 is 0 Å². The summed E-state index contributed by atoms with van der Waals surface area (Å²) >= 11 is 7.14. The second-order valence-corrected chi connectivity index (χ2v) is 7.42. The predicted octanol–water partition coefficient (Wildman–Crippen LogP) is 3.77. The number of halogens is 1. The molecule has 0 aromatic heterocycles. The van der Waals surface area contributed by atoms with Crippen molar-refractivity contribution in [3.8, 4) is 6.19 Å². The third kappa shape index (κ3) is 4.30. The van der Waals surface area contributed by atoms with Crippen LogP contribution in [0.1, 0.15) is 12.0 Å². The minimum Gasteiger partial charge on any atom is -0.274 e. The number of thioether (sulfide) groups is 1. The maximum atomic E-state index is 12.8. The molecule has 2 amide bonds. The molecule has 1 fully saturated rings. The fourth-order valence-electron chi connectivity index (χ4n) is 2.58. The molecule has 1 N–H and O–H groups in total. The van der Waals surface area contributed by atoms with Gasteiger partial charge in [-0.2, -0.15) is 5.26 Å². The maximum absolute atomic E-state index is 12.8. The van der Waals surface area contributed by atoms with Gasteiger partial charge in [0.05, 0.1) is 16.4 Å². The standard InChI is InChI=1S/C19H15ClN4O2S/c1-12-6-8-13(9-7-12)24-17(25)10-16(18(24)26)27-19(22-11-21)23-15-5-3-2-4-14(15)20/h2-9,16H,10H2,1H3,(H,22,23). The molecule has 3 rings (SSSR count). The Hall–Kier alpha value is -2.82. The number of nitrogens with one attached hydrogen (secondary N) is 1. The Morgan fingerprint density at radius 2 is 1.96 bits per heavy atom. The van der Waals surface area contributed by atoms with Crippen LogP contribution in [0.15, 0.2) is 53.5 Å². The number of nitriles is 1. The molecule has 0 spiro atoms. The SMILES string of the molecule is Cc1ccc(N2C(=O)CC(SC(=Nc3ccccc3Cl)NC#N)C2=O)cc1. The van der Waals surface area contributed by atoms with E-state index in [1.165, 1.54) is 4.90 Å². The highest BCUT2D eigenvalue weighted by atomic mass is 35.5. The number of nitrogens with zero attached hydrogens (tertiary/aromatic N) is 3. The van der Waals surface area contributed by atoms with Crippen LogP contribution >= 0.6 is 23.4 Å². The van der Waals surface area contributed by atoms with E-state index in [2.05, 4.69) is 10.3 Å². The van der Waals surface area contributed by atoms with E-state index in [-0.39, 0.29) is 23.4 Å². The Kier molecular flexibility index (Phi) is 5.79. The van der Waals surface area contributed by atoms with Gasteiger partial charge in [0, 0.05) is 6.42 Å². The Labute approximate surface area is 165 Å². The van der Waals surface area contributed by atoms with Gasteiger partial charge >= 0.3 is 0 Å². The molecule has 1 heterocycles. The highest BCUT2D eigenvalue weighted by molar-refractivity contribution is 8.15. The number of amidine groups is 1. The monoisotopic (exact) mass is 398 g/mol. The quantitative estimate of drug-likeness (QED) is 0.279. The van der Waals surface area contributed by atoms with E-state index >= 15 is 0 Å². The highest BCUT2D eigenvalue weighted by Gasteiger charge is 2.40. The zero-order chi connectivity index (χ0) is 19.4. The van der Waals surface area contributed by atoms with Crippen LogP contribution < -0.4 is 10.2 Å². The van der Waals surface area contributed by atoms with Crippen molar-refractivity contribution in [3.63, 3.8) is 0 Å². The topological polar surface area (TPSA) is 85.6 Å². The number of benzene rings is 2. The molecule has 1 unspecified atom stereocenters. The summed E-state index contributed by atoms with van der Waals surface area (Å²) in [6.45, 7) is 1.93. The summed E-state index contributed by atoms with van der Waals surface area (Å²) in [6.07, 6.45) is 1.84. The molecule has 2 aromatic carbocycles. The summed E-state index contributed by atoms with van der Waals surface area (Å²) in [5.41, 5.74) is 2.05. The summed E-state index contributed by atoms with van der Waals surface area (Å²) < 4.78 is 0. The van der Waals surface area contributed by atoms with Gasteiger partial charge in [0.15, 0.2) is 11.4 Å². The van der Waals surface area contributed by atoms with Crippen molar-refractivity contribution in [2.75, 3.05) is 4.90 Å². The molecule has 0 bridgehead atoms. The first-order valence-electron chi connectivity index (χ1n) is 8.08. The van der Waals surface area contributed by atoms with Crippen molar-refractivity contribution >= 4 is 51.7 Å². The Morgan fingerprint density at radius 1 is 1.26 bits per heavy atom. The minimum atomic E-state index is -0.666. The molecule has 136 valence electrons. The number of rotatable bonds is 3. The number of aliphatic imine (C=N–C) groups is 1. The molecule has 0 saturated carbocycles. The predicted molar refractivity (Wildman–Crippen MR) is 107 cm³/mol. The molecule has 1 aliphatic heterocycles. The Morgan fingerprint density at radius 3 is 2.63 bits per heavy atom. The molecule has 6 nitrogen and oxygen atoms in total. The van der Waals surface area contributed by atoms with Crippen LogP contribution in [0, 0.1) is 18.4 Å². The normalized spacial score (nSPS) is 17.1. The lowest BCUT2D eigenvalue weighted by atomic mass is 10.2. The maximum Gasteiger partial charge on any atom is 0.247 e. The number of para-hydroxylation sites is 1. The number of hydrogen-bond acceptors (Lipinski definition) is 5. The van der Waals surface area contributed by atoms with E-state index in [9.17, 15) is 9.59 Å². The third-order valence-corrected chi connectivity index (χ3v) is 5.28. The summed E-state index contributed by atoms with van der Waals surface area (Å²) in [7, 11) is 0. The van der Waals surface area contributed by atoms with Crippen molar-refractivity contribution < 1.29 is 9.59 Å². The zero-order valence-electron chi connectivity index (χ0n) is 14.3. The lowest BCUT2D eigenvalue weighted by Crippen LogP contribution is -2.32. The van der Waals surface area contributed by atoms with E-state index in [1.54, 1.807) is 42.6 Å². The lowest BCUT2D eigenvalue weighted by molar-refractivity contribution is -0.121. The molecule has 1 aliphatic rings. The number of anilines is 1. The van der Waals surface area contributed by atoms with Crippen molar-refractivity contribution in [3.05, 3.63) is 59.1 Å². The second kappa shape index (κ2) is 8.25. The smallest absolute Gasteiger partial charge is 0.247 e. The van der Waals surface area contributed by atoms with Gasteiger partial charge in [-0.05, 0) is 31.2 Å². The molecule has 2 aromatic rings. The molecular formula is C19H15ClN4O2S.